The van der Waals surface area contributed by atoms with E-state index in [1.165, 1.54) is 30.4 Å². The summed E-state index contributed by atoms with van der Waals surface area (Å²) in [5.74, 6) is 0.683. The van der Waals surface area contributed by atoms with Crippen LogP contribution in [0.3, 0.4) is 0 Å². The second kappa shape index (κ2) is 7.90. The van der Waals surface area contributed by atoms with Gasteiger partial charge in [0.25, 0.3) is 0 Å². The molecule has 0 saturated carbocycles. The summed E-state index contributed by atoms with van der Waals surface area (Å²) in [6.07, 6.45) is 3.76. The van der Waals surface area contributed by atoms with E-state index in [0.717, 1.165) is 19.7 Å². The van der Waals surface area contributed by atoms with Gasteiger partial charge in [-0.3, -0.25) is 0 Å². The lowest BCUT2D eigenvalue weighted by Gasteiger charge is -2.27. The Kier molecular flexibility index (Phi) is 5.87. The van der Waals surface area contributed by atoms with Crippen LogP contribution in [0.4, 0.5) is 0 Å². The zero-order valence-electron chi connectivity index (χ0n) is 12.3. The fourth-order valence-corrected chi connectivity index (χ4v) is 2.36. The maximum Gasteiger partial charge on any atom is 0.191 e. The van der Waals surface area contributed by atoms with E-state index >= 15 is 0 Å². The number of hydrogen-bond acceptors (Lipinski definition) is 2. The van der Waals surface area contributed by atoms with Gasteiger partial charge in [0.2, 0.25) is 0 Å². The predicted octanol–water partition coefficient (Wildman–Crippen LogP) is 2.52. The van der Waals surface area contributed by atoms with Crippen LogP contribution in [0.15, 0.2) is 29.3 Å². The number of rotatable bonds is 5. The highest BCUT2D eigenvalue weighted by molar-refractivity contribution is 5.78. The van der Waals surface area contributed by atoms with Gasteiger partial charge < -0.3 is 15.4 Å². The number of aliphatic imine (C=N–C) groups is 1. The van der Waals surface area contributed by atoms with Crippen molar-refractivity contribution in [3.05, 3.63) is 35.4 Å². The van der Waals surface area contributed by atoms with Gasteiger partial charge in [-0.1, -0.05) is 24.3 Å². The molecule has 0 bridgehead atoms. The van der Waals surface area contributed by atoms with E-state index in [0.29, 0.717) is 19.1 Å². The molecule has 0 spiro atoms. The van der Waals surface area contributed by atoms with E-state index in [1.54, 1.807) is 0 Å². The fourth-order valence-electron chi connectivity index (χ4n) is 2.36. The third-order valence-electron chi connectivity index (χ3n) is 3.60. The van der Waals surface area contributed by atoms with Gasteiger partial charge in [0, 0.05) is 19.7 Å². The lowest BCUT2D eigenvalue weighted by molar-refractivity contribution is 0.134. The van der Waals surface area contributed by atoms with Crippen molar-refractivity contribution in [3.63, 3.8) is 0 Å². The molecule has 2 rings (SSSR count). The Morgan fingerprint density at radius 3 is 2.45 bits per heavy atom. The van der Waals surface area contributed by atoms with Gasteiger partial charge >= 0.3 is 0 Å². The zero-order valence-corrected chi connectivity index (χ0v) is 12.3. The van der Waals surface area contributed by atoms with E-state index in [2.05, 4.69) is 34.2 Å². The molecule has 1 aromatic rings. The van der Waals surface area contributed by atoms with Crippen molar-refractivity contribution in [1.29, 1.82) is 0 Å². The van der Waals surface area contributed by atoms with Crippen LogP contribution in [0.5, 0.6) is 0 Å². The van der Waals surface area contributed by atoms with Crippen LogP contribution in [0, 0.1) is 0 Å². The van der Waals surface area contributed by atoms with Crippen molar-refractivity contribution in [1.82, 2.24) is 4.90 Å². The van der Waals surface area contributed by atoms with Gasteiger partial charge in [-0.2, -0.15) is 0 Å². The second-order valence-corrected chi connectivity index (χ2v) is 5.18. The highest BCUT2D eigenvalue weighted by atomic mass is 16.5. The highest BCUT2D eigenvalue weighted by Crippen LogP contribution is 2.10. The molecule has 4 heteroatoms. The Morgan fingerprint density at radius 2 is 1.80 bits per heavy atom. The summed E-state index contributed by atoms with van der Waals surface area (Å²) in [6.45, 7) is 6.17. The van der Waals surface area contributed by atoms with Crippen LogP contribution < -0.4 is 5.73 Å². The molecule has 110 valence electrons. The monoisotopic (exact) mass is 275 g/mol. The van der Waals surface area contributed by atoms with Crippen molar-refractivity contribution < 1.29 is 4.74 Å². The van der Waals surface area contributed by atoms with Gasteiger partial charge in [0.1, 0.15) is 0 Å². The minimum absolute atomic E-state index is 0.650. The van der Waals surface area contributed by atoms with Crippen LogP contribution >= 0.6 is 0 Å². The normalized spacial score (nSPS) is 16.4. The molecule has 1 aliphatic heterocycles. The van der Waals surface area contributed by atoms with Gasteiger partial charge in [0.05, 0.1) is 13.2 Å². The van der Waals surface area contributed by atoms with Crippen LogP contribution in [-0.4, -0.2) is 30.6 Å². The van der Waals surface area contributed by atoms with Gasteiger partial charge in [-0.15, -0.1) is 0 Å². The number of guanidine groups is 1. The van der Waals surface area contributed by atoms with E-state index < -0.39 is 0 Å². The first-order chi connectivity index (χ1) is 9.79. The highest BCUT2D eigenvalue weighted by Gasteiger charge is 2.11. The minimum atomic E-state index is 0.650. The largest absolute Gasteiger partial charge is 0.377 e. The quantitative estimate of drug-likeness (QED) is 0.663. The van der Waals surface area contributed by atoms with Crippen molar-refractivity contribution in [2.45, 2.75) is 39.3 Å². The number of nitrogens with zero attached hydrogens (tertiary/aromatic N) is 2. The van der Waals surface area contributed by atoms with Crippen LogP contribution in [-0.2, 0) is 17.9 Å². The predicted molar refractivity (Wildman–Crippen MR) is 82.5 cm³/mol. The van der Waals surface area contributed by atoms with E-state index in [4.69, 9.17) is 10.5 Å². The Morgan fingerprint density at radius 1 is 1.15 bits per heavy atom. The summed E-state index contributed by atoms with van der Waals surface area (Å²) < 4.78 is 5.38. The first kappa shape index (κ1) is 14.9. The van der Waals surface area contributed by atoms with Crippen LogP contribution in [0.25, 0.3) is 0 Å². The molecule has 0 unspecified atom stereocenters. The molecule has 0 amide bonds. The molecule has 1 saturated heterocycles. The standard InChI is InChI=1S/C16H25N3O/c1-2-20-13-15-8-6-14(7-9-15)12-18-16(17)19-10-4-3-5-11-19/h6-9H,2-5,10-13H2,1H3,(H2,17,18). The number of benzene rings is 1. The summed E-state index contributed by atoms with van der Waals surface area (Å²) in [4.78, 5) is 6.69. The molecule has 0 aliphatic carbocycles. The molecule has 1 aromatic carbocycles. The van der Waals surface area contributed by atoms with Crippen molar-refractivity contribution in [3.8, 4) is 0 Å². The van der Waals surface area contributed by atoms with Gasteiger partial charge in [0.15, 0.2) is 5.96 Å². The third kappa shape index (κ3) is 4.53. The Hall–Kier alpha value is -1.55. The molecular formula is C16H25N3O. The van der Waals surface area contributed by atoms with Crippen molar-refractivity contribution in [2.75, 3.05) is 19.7 Å². The SMILES string of the molecule is CCOCc1ccc(CN=C(N)N2CCCCC2)cc1. The van der Waals surface area contributed by atoms with Crippen LogP contribution in [0.2, 0.25) is 0 Å². The second-order valence-electron chi connectivity index (χ2n) is 5.18. The van der Waals surface area contributed by atoms with Gasteiger partial charge in [-0.25, -0.2) is 4.99 Å². The lowest BCUT2D eigenvalue weighted by atomic mass is 10.1. The topological polar surface area (TPSA) is 50.9 Å². The third-order valence-corrected chi connectivity index (χ3v) is 3.60. The Balaban J connectivity index is 1.85. The number of nitrogens with two attached hydrogens (primary N) is 1. The van der Waals surface area contributed by atoms with Crippen molar-refractivity contribution in [2.24, 2.45) is 10.7 Å². The first-order valence-corrected chi connectivity index (χ1v) is 7.50. The number of piperidine rings is 1. The molecule has 1 aliphatic rings. The Labute approximate surface area is 121 Å². The van der Waals surface area contributed by atoms with E-state index in [-0.39, 0.29) is 0 Å². The minimum Gasteiger partial charge on any atom is -0.377 e. The molecule has 1 fully saturated rings. The Bertz CT molecular complexity index is 422. The smallest absolute Gasteiger partial charge is 0.191 e. The average Bonchev–Trinajstić information content (AvgIpc) is 2.52. The summed E-state index contributed by atoms with van der Waals surface area (Å²) in [5, 5.41) is 0. The van der Waals surface area contributed by atoms with E-state index in [1.807, 2.05) is 6.92 Å². The summed E-state index contributed by atoms with van der Waals surface area (Å²) in [6, 6.07) is 8.39. The molecule has 4 nitrogen and oxygen atoms in total. The summed E-state index contributed by atoms with van der Waals surface area (Å²) in [7, 11) is 0. The maximum absolute atomic E-state index is 6.05. The maximum atomic E-state index is 6.05. The first-order valence-electron chi connectivity index (χ1n) is 7.50. The molecule has 0 radical (unpaired) electrons. The molecule has 1 heterocycles. The fraction of sp³-hybridized carbons (Fsp3) is 0.562. The van der Waals surface area contributed by atoms with Crippen molar-refractivity contribution >= 4 is 5.96 Å². The van der Waals surface area contributed by atoms with Gasteiger partial charge in [-0.05, 0) is 37.3 Å². The van der Waals surface area contributed by atoms with E-state index in [9.17, 15) is 0 Å². The molecule has 0 atom stereocenters. The number of ether oxygens (including phenoxy) is 1. The number of hydrogen-bond donors (Lipinski definition) is 1. The molecular weight excluding hydrogens is 250 g/mol. The molecule has 0 aromatic heterocycles. The van der Waals surface area contributed by atoms with Crippen LogP contribution in [0.1, 0.15) is 37.3 Å². The average molecular weight is 275 g/mol. The number of likely N-dealkylation sites (tertiary alicyclic amines) is 1. The lowest BCUT2D eigenvalue weighted by Crippen LogP contribution is -2.40. The molecule has 20 heavy (non-hydrogen) atoms. The molecule has 2 N–H and O–H groups in total. The zero-order chi connectivity index (χ0) is 14.2. The summed E-state index contributed by atoms with van der Waals surface area (Å²) in [5.41, 5.74) is 8.43. The summed E-state index contributed by atoms with van der Waals surface area (Å²) >= 11 is 0.